The van der Waals surface area contributed by atoms with Crippen LogP contribution in [0.1, 0.15) is 5.56 Å². The Bertz CT molecular complexity index is 510. The van der Waals surface area contributed by atoms with Crippen molar-refractivity contribution in [3.63, 3.8) is 0 Å². The van der Waals surface area contributed by atoms with Crippen LogP contribution in [-0.2, 0) is 0 Å². The first-order valence-electron chi connectivity index (χ1n) is 4.01. The largest absolute Gasteiger partial charge is 0.389 e. The first-order valence-corrected chi connectivity index (χ1v) is 4.42. The van der Waals surface area contributed by atoms with Crippen molar-refractivity contribution >= 4 is 28.0 Å². The van der Waals surface area contributed by atoms with Gasteiger partial charge in [-0.3, -0.25) is 4.98 Å². The molecular formula is C10H7FN2S. The van der Waals surface area contributed by atoms with Gasteiger partial charge in [-0.15, -0.1) is 0 Å². The number of rotatable bonds is 1. The van der Waals surface area contributed by atoms with Crippen molar-refractivity contribution in [2.45, 2.75) is 0 Å². The van der Waals surface area contributed by atoms with E-state index in [1.807, 2.05) is 0 Å². The van der Waals surface area contributed by atoms with E-state index in [2.05, 4.69) is 4.98 Å². The minimum atomic E-state index is -0.353. The number of benzene rings is 1. The lowest BCUT2D eigenvalue weighted by Crippen LogP contribution is -2.10. The number of nitrogens with zero attached hydrogens (tertiary/aromatic N) is 1. The van der Waals surface area contributed by atoms with Gasteiger partial charge in [0, 0.05) is 23.3 Å². The summed E-state index contributed by atoms with van der Waals surface area (Å²) in [5.74, 6) is -0.353. The molecule has 2 nitrogen and oxygen atoms in total. The molecule has 2 N–H and O–H groups in total. The van der Waals surface area contributed by atoms with Crippen LogP contribution in [0.5, 0.6) is 0 Å². The van der Waals surface area contributed by atoms with E-state index in [0.717, 1.165) is 5.39 Å². The number of aromatic nitrogens is 1. The number of halogens is 1. The number of fused-ring (bicyclic) bond motifs is 1. The second-order valence-corrected chi connectivity index (χ2v) is 3.35. The van der Waals surface area contributed by atoms with Crippen LogP contribution < -0.4 is 5.73 Å². The van der Waals surface area contributed by atoms with E-state index < -0.39 is 0 Å². The monoisotopic (exact) mass is 206 g/mol. The Kier molecular flexibility index (Phi) is 2.13. The normalized spacial score (nSPS) is 10.4. The van der Waals surface area contributed by atoms with Crippen LogP contribution in [0.25, 0.3) is 10.8 Å². The Balaban J connectivity index is 2.87. The number of hydrogen-bond donors (Lipinski definition) is 1. The smallest absolute Gasteiger partial charge is 0.124 e. The maximum Gasteiger partial charge on any atom is 0.124 e. The standard InChI is InChI=1S/C10H7FN2S/c11-7-3-6-5-13-2-1-8(6)9(4-7)10(12)14/h1-5H,(H2,12,14). The van der Waals surface area contributed by atoms with E-state index in [0.29, 0.717) is 10.9 Å². The SMILES string of the molecule is NC(=S)c1cc(F)cc2cnccc12. The lowest BCUT2D eigenvalue weighted by atomic mass is 10.1. The Morgan fingerprint density at radius 3 is 2.93 bits per heavy atom. The zero-order chi connectivity index (χ0) is 10.1. The zero-order valence-electron chi connectivity index (χ0n) is 7.20. The maximum atomic E-state index is 13.1. The fourth-order valence-corrected chi connectivity index (χ4v) is 1.55. The quantitative estimate of drug-likeness (QED) is 0.725. The van der Waals surface area contributed by atoms with Gasteiger partial charge >= 0.3 is 0 Å². The molecule has 0 amide bonds. The van der Waals surface area contributed by atoms with E-state index >= 15 is 0 Å². The van der Waals surface area contributed by atoms with E-state index in [1.54, 1.807) is 18.5 Å². The van der Waals surface area contributed by atoms with Gasteiger partial charge in [-0.2, -0.15) is 0 Å². The minimum Gasteiger partial charge on any atom is -0.389 e. The van der Waals surface area contributed by atoms with Crippen molar-refractivity contribution < 1.29 is 4.39 Å². The van der Waals surface area contributed by atoms with Crippen LogP contribution in [0.4, 0.5) is 4.39 Å². The molecule has 0 saturated carbocycles. The molecule has 0 radical (unpaired) electrons. The number of thiocarbonyl (C=S) groups is 1. The van der Waals surface area contributed by atoms with Gasteiger partial charge in [-0.1, -0.05) is 12.2 Å². The second-order valence-electron chi connectivity index (χ2n) is 2.91. The Labute approximate surface area is 85.6 Å². The fraction of sp³-hybridized carbons (Fsp3) is 0. The van der Waals surface area contributed by atoms with Crippen molar-refractivity contribution in [3.8, 4) is 0 Å². The third-order valence-electron chi connectivity index (χ3n) is 1.98. The summed E-state index contributed by atoms with van der Waals surface area (Å²) in [7, 11) is 0. The van der Waals surface area contributed by atoms with Gasteiger partial charge < -0.3 is 5.73 Å². The summed E-state index contributed by atoms with van der Waals surface area (Å²) in [4.78, 5) is 4.10. The molecule has 2 aromatic rings. The molecule has 0 saturated heterocycles. The Hall–Kier alpha value is -1.55. The lowest BCUT2D eigenvalue weighted by Gasteiger charge is -2.04. The summed E-state index contributed by atoms with van der Waals surface area (Å²) in [6, 6.07) is 4.51. The third kappa shape index (κ3) is 1.44. The van der Waals surface area contributed by atoms with Crippen molar-refractivity contribution in [2.24, 2.45) is 5.73 Å². The van der Waals surface area contributed by atoms with Crippen LogP contribution in [0.3, 0.4) is 0 Å². The molecule has 0 unspecified atom stereocenters. The molecular weight excluding hydrogens is 199 g/mol. The van der Waals surface area contributed by atoms with Crippen LogP contribution in [-0.4, -0.2) is 9.97 Å². The predicted octanol–water partition coefficient (Wildman–Crippen LogP) is 2.01. The highest BCUT2D eigenvalue weighted by atomic mass is 32.1. The van der Waals surface area contributed by atoms with E-state index in [1.165, 1.54) is 12.1 Å². The molecule has 1 heterocycles. The molecule has 4 heteroatoms. The van der Waals surface area contributed by atoms with Crippen LogP contribution in [0.2, 0.25) is 0 Å². The van der Waals surface area contributed by atoms with Gasteiger partial charge in [0.15, 0.2) is 0 Å². The van der Waals surface area contributed by atoms with Gasteiger partial charge in [0.05, 0.1) is 0 Å². The molecule has 0 fully saturated rings. The minimum absolute atomic E-state index is 0.195. The first kappa shape index (κ1) is 9.02. The van der Waals surface area contributed by atoms with Gasteiger partial charge in [-0.25, -0.2) is 4.39 Å². The van der Waals surface area contributed by atoms with E-state index in [4.69, 9.17) is 18.0 Å². The highest BCUT2D eigenvalue weighted by molar-refractivity contribution is 7.80. The lowest BCUT2D eigenvalue weighted by molar-refractivity contribution is 0.629. The van der Waals surface area contributed by atoms with E-state index in [9.17, 15) is 4.39 Å². The first-order chi connectivity index (χ1) is 6.68. The van der Waals surface area contributed by atoms with Crippen molar-refractivity contribution in [1.82, 2.24) is 4.98 Å². The molecule has 70 valence electrons. The zero-order valence-corrected chi connectivity index (χ0v) is 8.01. The van der Waals surface area contributed by atoms with Gasteiger partial charge in [0.25, 0.3) is 0 Å². The molecule has 0 aliphatic rings. The molecule has 1 aromatic heterocycles. The molecule has 0 atom stereocenters. The van der Waals surface area contributed by atoms with Crippen molar-refractivity contribution in [3.05, 3.63) is 42.0 Å². The summed E-state index contributed by atoms with van der Waals surface area (Å²) >= 11 is 4.84. The number of nitrogens with two attached hydrogens (primary N) is 1. The number of pyridine rings is 1. The Morgan fingerprint density at radius 2 is 2.21 bits per heavy atom. The molecule has 0 aliphatic heterocycles. The fourth-order valence-electron chi connectivity index (χ4n) is 1.38. The predicted molar refractivity (Wildman–Crippen MR) is 57.6 cm³/mol. The van der Waals surface area contributed by atoms with Crippen LogP contribution in [0, 0.1) is 5.82 Å². The Morgan fingerprint density at radius 1 is 1.43 bits per heavy atom. The molecule has 1 aromatic carbocycles. The molecule has 14 heavy (non-hydrogen) atoms. The van der Waals surface area contributed by atoms with Gasteiger partial charge in [-0.05, 0) is 23.6 Å². The molecule has 2 rings (SSSR count). The summed E-state index contributed by atoms with van der Waals surface area (Å²) in [5, 5.41) is 1.53. The summed E-state index contributed by atoms with van der Waals surface area (Å²) in [6.07, 6.45) is 3.21. The van der Waals surface area contributed by atoms with Crippen molar-refractivity contribution in [2.75, 3.05) is 0 Å². The average Bonchev–Trinajstić information content (AvgIpc) is 2.16. The topological polar surface area (TPSA) is 38.9 Å². The average molecular weight is 206 g/mol. The second kappa shape index (κ2) is 3.31. The highest BCUT2D eigenvalue weighted by Gasteiger charge is 2.05. The maximum absolute atomic E-state index is 13.1. The van der Waals surface area contributed by atoms with Crippen LogP contribution in [0.15, 0.2) is 30.6 Å². The molecule has 0 aliphatic carbocycles. The molecule has 0 bridgehead atoms. The highest BCUT2D eigenvalue weighted by Crippen LogP contribution is 2.19. The number of hydrogen-bond acceptors (Lipinski definition) is 2. The molecule has 0 spiro atoms. The summed E-state index contributed by atoms with van der Waals surface area (Å²) < 4.78 is 13.1. The third-order valence-corrected chi connectivity index (χ3v) is 2.20. The van der Waals surface area contributed by atoms with E-state index in [-0.39, 0.29) is 10.8 Å². The van der Waals surface area contributed by atoms with Gasteiger partial charge in [0.1, 0.15) is 10.8 Å². The van der Waals surface area contributed by atoms with Crippen molar-refractivity contribution in [1.29, 1.82) is 0 Å². The summed E-state index contributed by atoms with van der Waals surface area (Å²) in [5.41, 5.74) is 6.05. The van der Waals surface area contributed by atoms with Gasteiger partial charge in [0.2, 0.25) is 0 Å². The summed E-state index contributed by atoms with van der Waals surface area (Å²) in [6.45, 7) is 0. The van der Waals surface area contributed by atoms with Crippen LogP contribution >= 0.6 is 12.2 Å².